The van der Waals surface area contributed by atoms with Gasteiger partial charge in [0.1, 0.15) is 6.04 Å². The molecule has 1 unspecified atom stereocenters. The van der Waals surface area contributed by atoms with Crippen LogP contribution in [-0.4, -0.2) is 52.5 Å². The Bertz CT molecular complexity index is 838. The summed E-state index contributed by atoms with van der Waals surface area (Å²) in [4.78, 5) is 17.4. The average molecular weight is 367 g/mol. The zero-order valence-electron chi connectivity index (χ0n) is 16.9. The summed E-state index contributed by atoms with van der Waals surface area (Å²) in [6.45, 7) is 12.3. The first kappa shape index (κ1) is 19.4. The molecule has 1 fully saturated rings. The van der Waals surface area contributed by atoms with Gasteiger partial charge in [-0.1, -0.05) is 45.9 Å². The van der Waals surface area contributed by atoms with Gasteiger partial charge >= 0.3 is 0 Å². The van der Waals surface area contributed by atoms with Crippen LogP contribution in [-0.2, 0) is 6.54 Å². The van der Waals surface area contributed by atoms with Crippen molar-refractivity contribution < 1.29 is 4.79 Å². The molecule has 1 amide bonds. The van der Waals surface area contributed by atoms with Crippen molar-refractivity contribution in [1.29, 1.82) is 5.26 Å². The highest BCUT2D eigenvalue weighted by Gasteiger charge is 2.29. The molecule has 0 aliphatic carbocycles. The maximum atomic E-state index is 13.2. The zero-order chi connectivity index (χ0) is 19.6. The number of piperazine rings is 1. The molecule has 0 saturated carbocycles. The third kappa shape index (κ3) is 4.01. The number of carbonyl (C=O) groups is 1. The van der Waals surface area contributed by atoms with Crippen molar-refractivity contribution >= 4 is 16.8 Å². The van der Waals surface area contributed by atoms with Crippen LogP contribution in [0.5, 0.6) is 0 Å². The number of hydrogen-bond donors (Lipinski definition) is 0. The number of benzene rings is 1. The van der Waals surface area contributed by atoms with Gasteiger partial charge in [-0.25, -0.2) is 0 Å². The number of para-hydroxylation sites is 1. The predicted octanol–water partition coefficient (Wildman–Crippen LogP) is 3.60. The van der Waals surface area contributed by atoms with Gasteiger partial charge in [-0.15, -0.1) is 0 Å². The maximum absolute atomic E-state index is 13.2. The summed E-state index contributed by atoms with van der Waals surface area (Å²) in [5.41, 5.74) is 1.91. The van der Waals surface area contributed by atoms with Gasteiger partial charge in [0.2, 0.25) is 0 Å². The highest BCUT2D eigenvalue weighted by Crippen LogP contribution is 2.24. The summed E-state index contributed by atoms with van der Waals surface area (Å²) in [6.07, 6.45) is 2.02. The van der Waals surface area contributed by atoms with E-state index in [2.05, 4.69) is 49.3 Å². The van der Waals surface area contributed by atoms with Crippen LogP contribution in [0.15, 0.2) is 30.5 Å². The summed E-state index contributed by atoms with van der Waals surface area (Å²) < 4.78 is 2.20. The lowest BCUT2D eigenvalue weighted by molar-refractivity contribution is 0.0578. The largest absolute Gasteiger partial charge is 0.346 e. The summed E-state index contributed by atoms with van der Waals surface area (Å²) in [6, 6.07) is 10.5. The topological polar surface area (TPSA) is 52.3 Å². The molecule has 144 valence electrons. The first-order valence-corrected chi connectivity index (χ1v) is 9.93. The van der Waals surface area contributed by atoms with Gasteiger partial charge in [0.25, 0.3) is 5.91 Å². The molecule has 1 saturated heterocycles. The van der Waals surface area contributed by atoms with Crippen molar-refractivity contribution in [2.45, 2.75) is 40.3 Å². The van der Waals surface area contributed by atoms with E-state index in [4.69, 9.17) is 0 Å². The van der Waals surface area contributed by atoms with E-state index in [-0.39, 0.29) is 11.9 Å². The molecule has 0 spiro atoms. The molecule has 5 nitrogen and oxygen atoms in total. The molecule has 1 atom stereocenters. The lowest BCUT2D eigenvalue weighted by Crippen LogP contribution is -2.52. The smallest absolute Gasteiger partial charge is 0.256 e. The fourth-order valence-electron chi connectivity index (χ4n) is 3.99. The van der Waals surface area contributed by atoms with Crippen molar-refractivity contribution in [3.63, 3.8) is 0 Å². The second-order valence-electron chi connectivity index (χ2n) is 8.25. The van der Waals surface area contributed by atoms with Crippen molar-refractivity contribution in [2.75, 3.05) is 26.2 Å². The van der Waals surface area contributed by atoms with Crippen molar-refractivity contribution in [2.24, 2.45) is 11.8 Å². The highest BCUT2D eigenvalue weighted by molar-refractivity contribution is 6.07. The Balaban J connectivity index is 1.79. The molecule has 27 heavy (non-hydrogen) atoms. The quantitative estimate of drug-likeness (QED) is 0.812. The Morgan fingerprint density at radius 1 is 1.11 bits per heavy atom. The summed E-state index contributed by atoms with van der Waals surface area (Å²) in [5, 5.41) is 10.5. The van der Waals surface area contributed by atoms with Gasteiger partial charge in [0, 0.05) is 49.8 Å². The Labute approximate surface area is 162 Å². The minimum atomic E-state index is -0.0739. The van der Waals surface area contributed by atoms with Gasteiger partial charge < -0.3 is 9.47 Å². The maximum Gasteiger partial charge on any atom is 0.256 e. The molecule has 3 rings (SSSR count). The van der Waals surface area contributed by atoms with Gasteiger partial charge in [-0.3, -0.25) is 9.69 Å². The second-order valence-corrected chi connectivity index (χ2v) is 8.25. The average Bonchev–Trinajstić information content (AvgIpc) is 3.00. The Hall–Kier alpha value is -2.32. The monoisotopic (exact) mass is 366 g/mol. The van der Waals surface area contributed by atoms with Gasteiger partial charge in [-0.2, -0.15) is 5.26 Å². The number of rotatable bonds is 5. The predicted molar refractivity (Wildman–Crippen MR) is 108 cm³/mol. The Kier molecular flexibility index (Phi) is 5.86. The molecule has 1 aliphatic heterocycles. The van der Waals surface area contributed by atoms with E-state index in [1.165, 1.54) is 0 Å². The van der Waals surface area contributed by atoms with E-state index in [1.54, 1.807) is 0 Å². The normalized spacial score (nSPS) is 16.9. The van der Waals surface area contributed by atoms with Gasteiger partial charge in [0.15, 0.2) is 0 Å². The molecule has 5 heteroatoms. The van der Waals surface area contributed by atoms with E-state index in [0.29, 0.717) is 24.9 Å². The molecule has 0 bridgehead atoms. The second kappa shape index (κ2) is 8.14. The molecular weight excluding hydrogens is 336 g/mol. The van der Waals surface area contributed by atoms with Crippen LogP contribution in [0.3, 0.4) is 0 Å². The van der Waals surface area contributed by atoms with Crippen molar-refractivity contribution in [1.82, 2.24) is 14.4 Å². The number of nitriles is 1. The first-order valence-electron chi connectivity index (χ1n) is 9.93. The molecule has 0 radical (unpaired) electrons. The number of carbonyl (C=O) groups excluding carboxylic acids is 1. The Morgan fingerprint density at radius 2 is 1.78 bits per heavy atom. The van der Waals surface area contributed by atoms with Crippen molar-refractivity contribution in [3.8, 4) is 6.07 Å². The Morgan fingerprint density at radius 3 is 2.37 bits per heavy atom. The minimum absolute atomic E-state index is 0.0739. The van der Waals surface area contributed by atoms with Crippen LogP contribution < -0.4 is 0 Å². The third-order valence-electron chi connectivity index (χ3n) is 5.34. The van der Waals surface area contributed by atoms with Gasteiger partial charge in [0.05, 0.1) is 11.6 Å². The standard InChI is InChI=1S/C22H30N4O/c1-16(2)14-26-15-19(18-7-5-6-8-20(18)26)22(27)25-11-9-24(10-12-25)21(13-23)17(3)4/h5-8,15-17,21H,9-12,14H2,1-4H3. The summed E-state index contributed by atoms with van der Waals surface area (Å²) in [7, 11) is 0. The molecular formula is C22H30N4O. The SMILES string of the molecule is CC(C)Cn1cc(C(=O)N2CCN(C(C#N)C(C)C)CC2)c2ccccc21. The van der Waals surface area contributed by atoms with E-state index >= 15 is 0 Å². The van der Waals surface area contributed by atoms with Crippen molar-refractivity contribution in [3.05, 3.63) is 36.0 Å². The third-order valence-corrected chi connectivity index (χ3v) is 5.34. The van der Waals surface area contributed by atoms with Crippen LogP contribution in [0.2, 0.25) is 0 Å². The molecule has 1 aromatic carbocycles. The number of nitrogens with zero attached hydrogens (tertiary/aromatic N) is 4. The van der Waals surface area contributed by atoms with E-state index in [9.17, 15) is 10.1 Å². The minimum Gasteiger partial charge on any atom is -0.346 e. The van der Waals surface area contributed by atoms with Crippen LogP contribution in [0, 0.1) is 23.2 Å². The van der Waals surface area contributed by atoms with E-state index in [1.807, 2.05) is 29.3 Å². The lowest BCUT2D eigenvalue weighted by Gasteiger charge is -2.38. The number of aromatic nitrogens is 1. The molecule has 1 aromatic heterocycles. The highest BCUT2D eigenvalue weighted by atomic mass is 16.2. The molecule has 2 heterocycles. The van der Waals surface area contributed by atoms with Crippen LogP contribution in [0.25, 0.3) is 10.9 Å². The summed E-state index contributed by atoms with van der Waals surface area (Å²) >= 11 is 0. The first-order chi connectivity index (χ1) is 12.9. The van der Waals surface area contributed by atoms with E-state index in [0.717, 1.165) is 36.1 Å². The zero-order valence-corrected chi connectivity index (χ0v) is 16.9. The number of hydrogen-bond acceptors (Lipinski definition) is 3. The van der Waals surface area contributed by atoms with Crippen LogP contribution in [0.1, 0.15) is 38.1 Å². The summed E-state index contributed by atoms with van der Waals surface area (Å²) in [5.74, 6) is 0.920. The number of amides is 1. The molecule has 2 aromatic rings. The van der Waals surface area contributed by atoms with Crippen LogP contribution >= 0.6 is 0 Å². The fourth-order valence-corrected chi connectivity index (χ4v) is 3.99. The lowest BCUT2D eigenvalue weighted by atomic mass is 10.0. The molecule has 0 N–H and O–H groups in total. The molecule has 1 aliphatic rings. The van der Waals surface area contributed by atoms with Crippen LogP contribution in [0.4, 0.5) is 0 Å². The van der Waals surface area contributed by atoms with Gasteiger partial charge in [-0.05, 0) is 17.9 Å². The fraction of sp³-hybridized carbons (Fsp3) is 0.545. The number of fused-ring (bicyclic) bond motifs is 1. The van der Waals surface area contributed by atoms with E-state index < -0.39 is 0 Å².